The molecule has 0 radical (unpaired) electrons. The van der Waals surface area contributed by atoms with Crippen molar-refractivity contribution in [2.75, 3.05) is 18.6 Å². The first-order valence-electron chi connectivity index (χ1n) is 7.94. The van der Waals surface area contributed by atoms with Gasteiger partial charge in [0, 0.05) is 18.7 Å². The number of amides is 1. The molecular formula is C19H17NO4. The van der Waals surface area contributed by atoms with Crippen LogP contribution in [0, 0.1) is 0 Å². The number of methoxy groups -OCH3 is 1. The Morgan fingerprint density at radius 1 is 1.17 bits per heavy atom. The molecular weight excluding hydrogens is 306 g/mol. The van der Waals surface area contributed by atoms with Crippen LogP contribution in [0.25, 0.3) is 0 Å². The van der Waals surface area contributed by atoms with Crippen molar-refractivity contribution in [3.05, 3.63) is 59.2 Å². The molecule has 0 bridgehead atoms. The number of benzene rings is 2. The molecule has 1 amide bonds. The van der Waals surface area contributed by atoms with Gasteiger partial charge in [-0.2, -0.15) is 0 Å². The lowest BCUT2D eigenvalue weighted by Crippen LogP contribution is -2.40. The maximum atomic E-state index is 12.9. The quantitative estimate of drug-likeness (QED) is 0.796. The van der Waals surface area contributed by atoms with E-state index in [1.807, 2.05) is 30.3 Å². The standard InChI is InChI=1S/C19H17NO4/c1-23-19(22)14-6-7-15-12(10-14)8-9-20(15)18(21)17-11-13-4-2-3-5-16(13)24-17/h2-7,10,17H,8-9,11H2,1H3. The summed E-state index contributed by atoms with van der Waals surface area (Å²) in [6, 6.07) is 13.1. The lowest BCUT2D eigenvalue weighted by Gasteiger charge is -2.21. The number of para-hydroxylation sites is 1. The van der Waals surface area contributed by atoms with E-state index in [4.69, 9.17) is 9.47 Å². The third-order valence-electron chi connectivity index (χ3n) is 4.58. The molecule has 0 saturated heterocycles. The Morgan fingerprint density at radius 2 is 2.00 bits per heavy atom. The summed E-state index contributed by atoms with van der Waals surface area (Å²) in [6.07, 6.45) is 0.848. The van der Waals surface area contributed by atoms with E-state index in [9.17, 15) is 9.59 Å². The lowest BCUT2D eigenvalue weighted by atomic mass is 10.1. The van der Waals surface area contributed by atoms with Crippen LogP contribution in [0.2, 0.25) is 0 Å². The van der Waals surface area contributed by atoms with Gasteiger partial charge in [0.1, 0.15) is 5.75 Å². The third-order valence-corrected chi connectivity index (χ3v) is 4.58. The first-order valence-corrected chi connectivity index (χ1v) is 7.94. The Bertz CT molecular complexity index is 805. The van der Waals surface area contributed by atoms with Crippen LogP contribution in [0.3, 0.4) is 0 Å². The van der Waals surface area contributed by atoms with E-state index in [-0.39, 0.29) is 11.9 Å². The van der Waals surface area contributed by atoms with Gasteiger partial charge in [0.25, 0.3) is 5.91 Å². The number of rotatable bonds is 2. The van der Waals surface area contributed by atoms with Gasteiger partial charge >= 0.3 is 5.97 Å². The normalized spacial score (nSPS) is 17.9. The number of hydrogen-bond donors (Lipinski definition) is 0. The van der Waals surface area contributed by atoms with Gasteiger partial charge in [-0.25, -0.2) is 4.79 Å². The van der Waals surface area contributed by atoms with Crippen LogP contribution in [0.15, 0.2) is 42.5 Å². The number of nitrogens with zero attached hydrogens (tertiary/aromatic N) is 1. The van der Waals surface area contributed by atoms with Gasteiger partial charge < -0.3 is 14.4 Å². The van der Waals surface area contributed by atoms with Gasteiger partial charge in [0.05, 0.1) is 12.7 Å². The fourth-order valence-corrected chi connectivity index (χ4v) is 3.37. The van der Waals surface area contributed by atoms with E-state index in [2.05, 4.69) is 0 Å². The zero-order valence-corrected chi connectivity index (χ0v) is 13.3. The van der Waals surface area contributed by atoms with Gasteiger partial charge in [-0.15, -0.1) is 0 Å². The molecule has 24 heavy (non-hydrogen) atoms. The molecule has 5 heteroatoms. The summed E-state index contributed by atoms with van der Waals surface area (Å²) in [5.74, 6) is 0.393. The van der Waals surface area contributed by atoms with Crippen LogP contribution in [0.5, 0.6) is 5.75 Å². The van der Waals surface area contributed by atoms with Crippen LogP contribution < -0.4 is 9.64 Å². The SMILES string of the molecule is COC(=O)c1ccc2c(c1)CCN2C(=O)C1Cc2ccccc2O1. The van der Waals surface area contributed by atoms with Gasteiger partial charge in [-0.05, 0) is 41.8 Å². The van der Waals surface area contributed by atoms with Crippen molar-refractivity contribution in [1.82, 2.24) is 0 Å². The van der Waals surface area contributed by atoms with E-state index < -0.39 is 6.10 Å². The molecule has 1 unspecified atom stereocenters. The van der Waals surface area contributed by atoms with Crippen LogP contribution >= 0.6 is 0 Å². The second-order valence-electron chi connectivity index (χ2n) is 5.99. The Labute approximate surface area is 139 Å². The number of esters is 1. The molecule has 2 aliphatic heterocycles. The van der Waals surface area contributed by atoms with Gasteiger partial charge in [-0.3, -0.25) is 4.79 Å². The molecule has 0 fully saturated rings. The summed E-state index contributed by atoms with van der Waals surface area (Å²) < 4.78 is 10.6. The zero-order valence-electron chi connectivity index (χ0n) is 13.3. The van der Waals surface area contributed by atoms with Crippen LogP contribution in [-0.4, -0.2) is 31.6 Å². The highest BCUT2D eigenvalue weighted by Gasteiger charge is 2.35. The molecule has 0 spiro atoms. The lowest BCUT2D eigenvalue weighted by molar-refractivity contribution is -0.124. The second kappa shape index (κ2) is 5.67. The van der Waals surface area contributed by atoms with Crippen LogP contribution in [0.4, 0.5) is 5.69 Å². The van der Waals surface area contributed by atoms with E-state index in [1.165, 1.54) is 7.11 Å². The summed E-state index contributed by atoms with van der Waals surface area (Å²) in [5.41, 5.74) is 3.42. The van der Waals surface area contributed by atoms with Crippen molar-refractivity contribution in [2.24, 2.45) is 0 Å². The first kappa shape index (κ1) is 14.8. The zero-order chi connectivity index (χ0) is 16.7. The first-order chi connectivity index (χ1) is 11.7. The van der Waals surface area contributed by atoms with E-state index in [0.717, 1.165) is 29.0 Å². The number of carbonyl (C=O) groups excluding carboxylic acids is 2. The Kier molecular flexibility index (Phi) is 3.49. The van der Waals surface area contributed by atoms with Crippen molar-refractivity contribution in [1.29, 1.82) is 0 Å². The van der Waals surface area contributed by atoms with Crippen molar-refractivity contribution in [2.45, 2.75) is 18.9 Å². The predicted molar refractivity (Wildman–Crippen MR) is 88.4 cm³/mol. The Morgan fingerprint density at radius 3 is 2.79 bits per heavy atom. The summed E-state index contributed by atoms with van der Waals surface area (Å²) in [4.78, 5) is 26.3. The van der Waals surface area contributed by atoms with Gasteiger partial charge in [0.2, 0.25) is 0 Å². The van der Waals surface area contributed by atoms with Crippen molar-refractivity contribution >= 4 is 17.6 Å². The highest BCUT2D eigenvalue weighted by Crippen LogP contribution is 2.33. The van der Waals surface area contributed by atoms with E-state index in [0.29, 0.717) is 18.5 Å². The summed E-state index contributed by atoms with van der Waals surface area (Å²) in [5, 5.41) is 0. The molecule has 2 aromatic carbocycles. The molecule has 2 aliphatic rings. The Balaban J connectivity index is 1.56. The fraction of sp³-hybridized carbons (Fsp3) is 0.263. The highest BCUT2D eigenvalue weighted by molar-refractivity contribution is 6.00. The molecule has 0 N–H and O–H groups in total. The third kappa shape index (κ3) is 2.33. The van der Waals surface area contributed by atoms with Crippen molar-refractivity contribution in [3.63, 3.8) is 0 Å². The van der Waals surface area contributed by atoms with Crippen LogP contribution in [-0.2, 0) is 22.4 Å². The second-order valence-corrected chi connectivity index (χ2v) is 5.99. The van der Waals surface area contributed by atoms with Crippen molar-refractivity contribution < 1.29 is 19.1 Å². The minimum atomic E-state index is -0.478. The average Bonchev–Trinajstić information content (AvgIpc) is 3.23. The predicted octanol–water partition coefficient (Wildman–Crippen LogP) is 2.37. The van der Waals surface area contributed by atoms with Gasteiger partial charge in [0.15, 0.2) is 6.10 Å². The van der Waals surface area contributed by atoms with E-state index >= 15 is 0 Å². The summed E-state index contributed by atoms with van der Waals surface area (Å²) in [7, 11) is 1.36. The topological polar surface area (TPSA) is 55.8 Å². The summed E-state index contributed by atoms with van der Waals surface area (Å²) >= 11 is 0. The van der Waals surface area contributed by atoms with Crippen LogP contribution in [0.1, 0.15) is 21.5 Å². The monoisotopic (exact) mass is 323 g/mol. The molecule has 2 aromatic rings. The number of ether oxygens (including phenoxy) is 2. The molecule has 2 heterocycles. The van der Waals surface area contributed by atoms with E-state index in [1.54, 1.807) is 17.0 Å². The largest absolute Gasteiger partial charge is 0.480 e. The minimum absolute atomic E-state index is 0.0317. The number of hydrogen-bond acceptors (Lipinski definition) is 4. The average molecular weight is 323 g/mol. The molecule has 1 atom stereocenters. The molecule has 0 saturated carbocycles. The Hall–Kier alpha value is -2.82. The number of carbonyl (C=O) groups is 2. The minimum Gasteiger partial charge on any atom is -0.480 e. The van der Waals surface area contributed by atoms with Gasteiger partial charge in [-0.1, -0.05) is 18.2 Å². The number of fused-ring (bicyclic) bond motifs is 2. The fourth-order valence-electron chi connectivity index (χ4n) is 3.37. The smallest absolute Gasteiger partial charge is 0.337 e. The molecule has 0 aliphatic carbocycles. The molecule has 4 rings (SSSR count). The number of anilines is 1. The maximum absolute atomic E-state index is 12.9. The summed E-state index contributed by atoms with van der Waals surface area (Å²) in [6.45, 7) is 0.606. The molecule has 122 valence electrons. The van der Waals surface area contributed by atoms with Crippen molar-refractivity contribution in [3.8, 4) is 5.75 Å². The highest BCUT2D eigenvalue weighted by atomic mass is 16.5. The molecule has 5 nitrogen and oxygen atoms in total. The molecule has 0 aromatic heterocycles. The maximum Gasteiger partial charge on any atom is 0.337 e.